The summed E-state index contributed by atoms with van der Waals surface area (Å²) in [4.78, 5) is 78.5. The molecule has 3 aromatic rings. The number of hydrogen-bond donors (Lipinski definition) is 3. The number of fused-ring (bicyclic) bond motifs is 4. The van der Waals surface area contributed by atoms with E-state index < -0.39 is 62.5 Å². The van der Waals surface area contributed by atoms with Crippen molar-refractivity contribution in [3.8, 4) is 17.0 Å². The zero-order valence-corrected chi connectivity index (χ0v) is 33.9. The number of benzene rings is 2. The van der Waals surface area contributed by atoms with Crippen LogP contribution in [0.3, 0.4) is 0 Å². The number of allylic oxidation sites excluding steroid dienone is 1. The number of aromatic nitrogens is 1. The van der Waals surface area contributed by atoms with E-state index in [0.717, 1.165) is 24.0 Å². The third kappa shape index (κ3) is 8.26. The molecule has 3 N–H and O–H groups in total. The van der Waals surface area contributed by atoms with E-state index >= 15 is 0 Å². The summed E-state index contributed by atoms with van der Waals surface area (Å²) in [5, 5.41) is 7.40. The van der Waals surface area contributed by atoms with Crippen molar-refractivity contribution >= 4 is 50.9 Å². The number of nitrogens with zero attached hydrogens (tertiary/aromatic N) is 3. The molecule has 0 bridgehead atoms. The van der Waals surface area contributed by atoms with Gasteiger partial charge in [0, 0.05) is 48.3 Å². The van der Waals surface area contributed by atoms with Crippen molar-refractivity contribution in [3.63, 3.8) is 0 Å². The molecule has 5 amide bonds. The Kier molecular flexibility index (Phi) is 11.1. The molecule has 14 nitrogen and oxygen atoms in total. The maximum absolute atomic E-state index is 14.7. The normalized spacial score (nSPS) is 27.8. The van der Waals surface area contributed by atoms with Crippen molar-refractivity contribution in [2.45, 2.75) is 80.7 Å². The summed E-state index contributed by atoms with van der Waals surface area (Å²) >= 11 is 1.23. The maximum Gasteiger partial charge on any atom is 0.282 e. The second-order valence-electron chi connectivity index (χ2n) is 16.1. The quantitative estimate of drug-likeness (QED) is 0.272. The number of amides is 5. The molecule has 0 spiro atoms. The van der Waals surface area contributed by atoms with Gasteiger partial charge in [-0.15, -0.1) is 11.3 Å². The fourth-order valence-corrected chi connectivity index (χ4v) is 10.8. The fourth-order valence-electron chi connectivity index (χ4n) is 8.66. The molecule has 58 heavy (non-hydrogen) atoms. The highest BCUT2D eigenvalue weighted by Crippen LogP contribution is 2.47. The van der Waals surface area contributed by atoms with Crippen LogP contribution < -0.4 is 20.1 Å². The van der Waals surface area contributed by atoms with Crippen LogP contribution in [0.5, 0.6) is 5.75 Å². The molecule has 6 atom stereocenters. The molecule has 2 saturated carbocycles. The second kappa shape index (κ2) is 16.3. The summed E-state index contributed by atoms with van der Waals surface area (Å²) < 4.78 is 33.4. The molecule has 4 fully saturated rings. The van der Waals surface area contributed by atoms with Gasteiger partial charge in [-0.25, -0.2) is 13.4 Å². The molecule has 306 valence electrons. The number of nitrogens with one attached hydrogen (secondary N) is 3. The van der Waals surface area contributed by atoms with E-state index in [-0.39, 0.29) is 50.2 Å². The van der Waals surface area contributed by atoms with Crippen molar-refractivity contribution in [3.05, 3.63) is 82.7 Å². The Hall–Kier alpha value is -5.09. The first-order valence-electron chi connectivity index (χ1n) is 20.0. The Morgan fingerprint density at radius 2 is 1.76 bits per heavy atom. The van der Waals surface area contributed by atoms with Crippen molar-refractivity contribution in [2.75, 3.05) is 26.7 Å². The average molecular weight is 829 g/mol. The molecule has 2 saturated heterocycles. The SMILES string of the molecule is COc1ccc(-c2csc(C(=O)N3C[C@H]4CN5C(=O)[C@@H](NC(=O)Cc6ccccc6)CCCCC/C=C\[C@@H]6C[C@@]6(C(=O)NS(=O)(=O)C6CC6)NC(=O)[C@@H]5[C@H]4C3)n2)cc1. The number of sulfonamides is 1. The molecule has 3 aliphatic heterocycles. The van der Waals surface area contributed by atoms with E-state index in [9.17, 15) is 32.4 Å². The summed E-state index contributed by atoms with van der Waals surface area (Å²) in [6.07, 6.45) is 8.40. The first-order valence-corrected chi connectivity index (χ1v) is 22.5. The fraction of sp³-hybridized carbons (Fsp3) is 0.476. The van der Waals surface area contributed by atoms with Gasteiger partial charge in [-0.05, 0) is 68.4 Å². The first-order chi connectivity index (χ1) is 28.0. The predicted molar refractivity (Wildman–Crippen MR) is 216 cm³/mol. The largest absolute Gasteiger partial charge is 0.497 e. The zero-order chi connectivity index (χ0) is 40.6. The molecule has 2 aromatic carbocycles. The van der Waals surface area contributed by atoms with Crippen LogP contribution in [0.2, 0.25) is 0 Å². The van der Waals surface area contributed by atoms with Gasteiger partial charge in [-0.3, -0.25) is 28.7 Å². The second-order valence-corrected chi connectivity index (χ2v) is 19.0. The average Bonchev–Trinajstić information content (AvgIpc) is 4.04. The van der Waals surface area contributed by atoms with Gasteiger partial charge in [-0.2, -0.15) is 0 Å². The molecular weight excluding hydrogens is 781 g/mol. The summed E-state index contributed by atoms with van der Waals surface area (Å²) in [6, 6.07) is 14.6. The molecule has 8 rings (SSSR count). The van der Waals surface area contributed by atoms with Crippen LogP contribution in [-0.2, 0) is 35.6 Å². The van der Waals surface area contributed by atoms with Crippen LogP contribution >= 0.6 is 11.3 Å². The monoisotopic (exact) mass is 828 g/mol. The Labute approximate surface area is 341 Å². The van der Waals surface area contributed by atoms with E-state index in [1.54, 1.807) is 12.0 Å². The number of hydrogen-bond acceptors (Lipinski definition) is 10. The van der Waals surface area contributed by atoms with E-state index in [2.05, 4.69) is 20.3 Å². The standard InChI is InChI=1S/C42H48N6O8S2/c1-56-30-16-14-27(15-17-30)34-25-57-38(44-34)40(52)47-22-28-23-48-36(32(28)24-47)37(50)45-42(41(53)46-58(54,55)31-18-19-31)21-29(42)12-8-3-2-4-9-13-33(39(48)51)43-35(49)20-26-10-6-5-7-11-26/h5-8,10-12,14-17,25,28-29,31-33,36H,2-4,9,13,18-24H2,1H3,(H,43,49)(H,45,50)(H,46,53)/b12-8-/t28-,29+,32-,33-,36-,42+/m0/s1. The Balaban J connectivity index is 1.06. The Morgan fingerprint density at radius 3 is 2.50 bits per heavy atom. The van der Waals surface area contributed by atoms with Crippen LogP contribution in [0, 0.1) is 17.8 Å². The highest BCUT2D eigenvalue weighted by atomic mass is 32.2. The Bertz CT molecular complexity index is 2210. The topological polar surface area (TPSA) is 184 Å². The molecule has 5 aliphatic rings. The number of carbonyl (C=O) groups excluding carboxylic acids is 5. The van der Waals surface area contributed by atoms with Crippen LogP contribution in [0.4, 0.5) is 0 Å². The third-order valence-electron chi connectivity index (χ3n) is 12.1. The number of thiazole rings is 1. The van der Waals surface area contributed by atoms with Gasteiger partial charge >= 0.3 is 0 Å². The van der Waals surface area contributed by atoms with Crippen LogP contribution in [0.15, 0.2) is 72.1 Å². The van der Waals surface area contributed by atoms with E-state index in [1.807, 2.05) is 72.1 Å². The molecule has 2 aliphatic carbocycles. The van der Waals surface area contributed by atoms with Crippen LogP contribution in [-0.4, -0.2) is 102 Å². The summed E-state index contributed by atoms with van der Waals surface area (Å²) in [5.41, 5.74) is 0.765. The smallest absolute Gasteiger partial charge is 0.282 e. The van der Waals surface area contributed by atoms with Gasteiger partial charge in [-0.1, -0.05) is 55.3 Å². The van der Waals surface area contributed by atoms with Crippen LogP contribution in [0.1, 0.15) is 66.7 Å². The highest BCUT2D eigenvalue weighted by molar-refractivity contribution is 7.91. The number of carbonyl (C=O) groups is 5. The predicted octanol–water partition coefficient (Wildman–Crippen LogP) is 3.45. The van der Waals surface area contributed by atoms with E-state index in [0.29, 0.717) is 48.6 Å². The number of rotatable bonds is 9. The molecule has 0 unspecified atom stereocenters. The van der Waals surface area contributed by atoms with E-state index in [4.69, 9.17) is 4.74 Å². The molecular formula is C42H48N6O8S2. The van der Waals surface area contributed by atoms with Crippen LogP contribution in [0.25, 0.3) is 11.3 Å². The van der Waals surface area contributed by atoms with Crippen molar-refractivity contribution in [1.82, 2.24) is 30.1 Å². The highest BCUT2D eigenvalue weighted by Gasteiger charge is 2.63. The minimum Gasteiger partial charge on any atom is -0.497 e. The third-order valence-corrected chi connectivity index (χ3v) is 14.8. The lowest BCUT2D eigenvalue weighted by Crippen LogP contribution is -2.60. The van der Waals surface area contributed by atoms with Crippen molar-refractivity contribution < 1.29 is 37.1 Å². The summed E-state index contributed by atoms with van der Waals surface area (Å²) in [5.74, 6) is -2.87. The van der Waals surface area contributed by atoms with Gasteiger partial charge in [0.2, 0.25) is 27.7 Å². The van der Waals surface area contributed by atoms with Gasteiger partial charge in [0.15, 0.2) is 5.01 Å². The molecule has 1 aromatic heterocycles. The zero-order valence-electron chi connectivity index (χ0n) is 32.3. The van der Waals surface area contributed by atoms with Gasteiger partial charge in [0.05, 0.1) is 24.5 Å². The minimum atomic E-state index is -3.91. The lowest BCUT2D eigenvalue weighted by molar-refractivity contribution is -0.143. The molecule has 0 radical (unpaired) electrons. The molecule has 4 heterocycles. The lowest BCUT2D eigenvalue weighted by Gasteiger charge is -2.33. The summed E-state index contributed by atoms with van der Waals surface area (Å²) in [6.45, 7) is 0.590. The summed E-state index contributed by atoms with van der Waals surface area (Å²) in [7, 11) is -2.32. The van der Waals surface area contributed by atoms with Gasteiger partial charge in [0.1, 0.15) is 23.4 Å². The van der Waals surface area contributed by atoms with Crippen molar-refractivity contribution in [1.29, 1.82) is 0 Å². The van der Waals surface area contributed by atoms with Crippen molar-refractivity contribution in [2.24, 2.45) is 17.8 Å². The van der Waals surface area contributed by atoms with Gasteiger partial charge < -0.3 is 25.2 Å². The lowest BCUT2D eigenvalue weighted by atomic mass is 9.93. The number of ether oxygens (including phenoxy) is 1. The minimum absolute atomic E-state index is 0.0847. The number of likely N-dealkylation sites (tertiary alicyclic amines) is 1. The maximum atomic E-state index is 14.7. The molecule has 16 heteroatoms. The first kappa shape index (κ1) is 39.7. The Morgan fingerprint density at radius 1 is 0.983 bits per heavy atom. The van der Waals surface area contributed by atoms with Gasteiger partial charge in [0.25, 0.3) is 11.8 Å². The number of methoxy groups -OCH3 is 1. The van der Waals surface area contributed by atoms with E-state index in [1.165, 1.54) is 16.2 Å².